The Morgan fingerprint density at radius 2 is 1.76 bits per heavy atom. The van der Waals surface area contributed by atoms with Crippen LogP contribution in [0.25, 0.3) is 21.6 Å². The summed E-state index contributed by atoms with van der Waals surface area (Å²) in [6.07, 6.45) is -0.192. The molecule has 1 aliphatic heterocycles. The molecular formula is C21H20N4O4. The Bertz CT molecular complexity index is 956. The van der Waals surface area contributed by atoms with Crippen molar-refractivity contribution in [3.8, 4) is 11.1 Å². The largest absolute Gasteiger partial charge is 0.480 e. The molecule has 0 unspecified atom stereocenters. The molecule has 1 amide bonds. The van der Waals surface area contributed by atoms with Crippen LogP contribution >= 0.6 is 0 Å². The van der Waals surface area contributed by atoms with Crippen LogP contribution in [0.2, 0.25) is 0 Å². The van der Waals surface area contributed by atoms with Gasteiger partial charge in [0.25, 0.3) is 0 Å². The average molecular weight is 392 g/mol. The van der Waals surface area contributed by atoms with E-state index in [2.05, 4.69) is 22.2 Å². The highest BCUT2D eigenvalue weighted by Crippen LogP contribution is 2.44. The van der Waals surface area contributed by atoms with Gasteiger partial charge in [0, 0.05) is 23.9 Å². The molecule has 1 saturated heterocycles. The molecule has 1 fully saturated rings. The fourth-order valence-electron chi connectivity index (χ4n) is 4.41. The van der Waals surface area contributed by atoms with Crippen molar-refractivity contribution in [2.75, 3.05) is 19.7 Å². The molecule has 29 heavy (non-hydrogen) atoms. The number of carboxylic acids is 1. The number of benzene rings is 2. The highest BCUT2D eigenvalue weighted by atomic mass is 16.6. The van der Waals surface area contributed by atoms with Gasteiger partial charge in [-0.05, 0) is 40.1 Å². The molecule has 2 aromatic carbocycles. The van der Waals surface area contributed by atoms with E-state index in [9.17, 15) is 14.7 Å². The number of hydrogen-bond donors (Lipinski definition) is 1. The molecule has 0 aromatic heterocycles. The summed E-state index contributed by atoms with van der Waals surface area (Å²) in [7, 11) is 0. The summed E-state index contributed by atoms with van der Waals surface area (Å²) in [4.78, 5) is 28.3. The zero-order valence-electron chi connectivity index (χ0n) is 15.6. The minimum Gasteiger partial charge on any atom is -0.480 e. The minimum absolute atomic E-state index is 0.0423. The van der Waals surface area contributed by atoms with Crippen molar-refractivity contribution in [1.82, 2.24) is 4.90 Å². The molecule has 2 aliphatic rings. The first-order valence-corrected chi connectivity index (χ1v) is 9.47. The second kappa shape index (κ2) is 7.85. The van der Waals surface area contributed by atoms with Gasteiger partial charge in [0.05, 0.1) is 0 Å². The topological polar surface area (TPSA) is 116 Å². The smallest absolute Gasteiger partial charge is 0.410 e. The van der Waals surface area contributed by atoms with E-state index in [0.717, 1.165) is 22.3 Å². The van der Waals surface area contributed by atoms with Gasteiger partial charge in [0.2, 0.25) is 0 Å². The Balaban J connectivity index is 1.50. The lowest BCUT2D eigenvalue weighted by Gasteiger charge is -2.24. The van der Waals surface area contributed by atoms with E-state index in [1.165, 1.54) is 4.90 Å². The van der Waals surface area contributed by atoms with Crippen LogP contribution < -0.4 is 0 Å². The van der Waals surface area contributed by atoms with Gasteiger partial charge >= 0.3 is 12.1 Å². The maximum absolute atomic E-state index is 12.7. The average Bonchev–Trinajstić information content (AvgIpc) is 3.30. The van der Waals surface area contributed by atoms with E-state index in [4.69, 9.17) is 10.3 Å². The molecular weight excluding hydrogens is 372 g/mol. The summed E-state index contributed by atoms with van der Waals surface area (Å²) in [6.45, 7) is 0.441. The Morgan fingerprint density at radius 3 is 2.34 bits per heavy atom. The van der Waals surface area contributed by atoms with E-state index in [1.807, 2.05) is 36.4 Å². The molecule has 1 N–H and O–H groups in total. The third kappa shape index (κ3) is 3.39. The molecule has 2 atom stereocenters. The lowest BCUT2D eigenvalue weighted by molar-refractivity contribution is -0.142. The molecule has 4 rings (SSSR count). The van der Waals surface area contributed by atoms with Crippen LogP contribution in [0.15, 0.2) is 53.6 Å². The number of amides is 1. The van der Waals surface area contributed by atoms with Gasteiger partial charge in [-0.1, -0.05) is 53.6 Å². The number of likely N-dealkylation sites (tertiary alicyclic amines) is 1. The second-order valence-corrected chi connectivity index (χ2v) is 7.24. The monoisotopic (exact) mass is 392 g/mol. The van der Waals surface area contributed by atoms with E-state index in [-0.39, 0.29) is 25.6 Å². The molecule has 8 heteroatoms. The van der Waals surface area contributed by atoms with Crippen molar-refractivity contribution in [2.24, 2.45) is 11.0 Å². The lowest BCUT2D eigenvalue weighted by Crippen LogP contribution is -2.44. The summed E-state index contributed by atoms with van der Waals surface area (Å²) in [5.74, 6) is -1.62. The van der Waals surface area contributed by atoms with Gasteiger partial charge in [-0.3, -0.25) is 4.90 Å². The molecule has 0 radical (unpaired) electrons. The number of aliphatic carboxylic acids is 1. The predicted octanol–water partition coefficient (Wildman–Crippen LogP) is 4.02. The number of hydrogen-bond acceptors (Lipinski definition) is 4. The third-order valence-electron chi connectivity index (χ3n) is 5.73. The van der Waals surface area contributed by atoms with Crippen molar-refractivity contribution in [3.63, 3.8) is 0 Å². The van der Waals surface area contributed by atoms with Crippen molar-refractivity contribution >= 4 is 12.1 Å². The minimum atomic E-state index is -1.12. The molecule has 0 spiro atoms. The van der Waals surface area contributed by atoms with Gasteiger partial charge in [0.15, 0.2) is 0 Å². The summed E-state index contributed by atoms with van der Waals surface area (Å²) in [5, 5.41) is 13.0. The Morgan fingerprint density at radius 1 is 1.14 bits per heavy atom. The molecule has 1 aliphatic carbocycles. The van der Waals surface area contributed by atoms with Crippen molar-refractivity contribution in [3.05, 3.63) is 70.1 Å². The van der Waals surface area contributed by atoms with E-state index in [0.29, 0.717) is 6.42 Å². The summed E-state index contributed by atoms with van der Waals surface area (Å²) >= 11 is 0. The Labute approximate surface area is 167 Å². The number of fused-ring (bicyclic) bond motifs is 3. The Kier molecular flexibility index (Phi) is 5.10. The molecule has 2 aromatic rings. The number of ether oxygens (including phenoxy) is 1. The van der Waals surface area contributed by atoms with Crippen molar-refractivity contribution in [2.45, 2.75) is 18.4 Å². The van der Waals surface area contributed by atoms with Crippen molar-refractivity contribution in [1.29, 1.82) is 0 Å². The van der Waals surface area contributed by atoms with Gasteiger partial charge in [-0.2, -0.15) is 0 Å². The number of nitrogens with zero attached hydrogens (tertiary/aromatic N) is 4. The highest BCUT2D eigenvalue weighted by molar-refractivity contribution is 5.82. The fourth-order valence-corrected chi connectivity index (χ4v) is 4.41. The zero-order valence-corrected chi connectivity index (χ0v) is 15.6. The van der Waals surface area contributed by atoms with Gasteiger partial charge < -0.3 is 9.84 Å². The molecule has 0 bridgehead atoms. The highest BCUT2D eigenvalue weighted by Gasteiger charge is 2.42. The van der Waals surface area contributed by atoms with Gasteiger partial charge in [0.1, 0.15) is 12.6 Å². The first kappa shape index (κ1) is 18.8. The molecule has 0 saturated carbocycles. The van der Waals surface area contributed by atoms with Crippen LogP contribution in [-0.2, 0) is 9.53 Å². The maximum Gasteiger partial charge on any atom is 0.410 e. The Hall–Kier alpha value is -3.51. The van der Waals surface area contributed by atoms with Crippen LogP contribution in [0.5, 0.6) is 0 Å². The number of carbonyl (C=O) groups excluding carboxylic acids is 1. The van der Waals surface area contributed by atoms with Crippen LogP contribution in [-0.4, -0.2) is 47.8 Å². The molecule has 148 valence electrons. The zero-order chi connectivity index (χ0) is 20.4. The van der Waals surface area contributed by atoms with Crippen molar-refractivity contribution < 1.29 is 19.4 Å². The van der Waals surface area contributed by atoms with E-state index in [1.54, 1.807) is 0 Å². The number of carboxylic acid groups (broad SMARTS) is 1. The fraction of sp³-hybridized carbons (Fsp3) is 0.333. The quantitative estimate of drug-likeness (QED) is 0.470. The van der Waals surface area contributed by atoms with Crippen LogP contribution in [0.3, 0.4) is 0 Å². The summed E-state index contributed by atoms with van der Waals surface area (Å²) < 4.78 is 5.58. The normalized spacial score (nSPS) is 19.9. The molecule has 1 heterocycles. The van der Waals surface area contributed by atoms with E-state index >= 15 is 0 Å². The second-order valence-electron chi connectivity index (χ2n) is 7.24. The van der Waals surface area contributed by atoms with E-state index < -0.39 is 24.0 Å². The first-order valence-electron chi connectivity index (χ1n) is 9.47. The number of carbonyl (C=O) groups is 2. The SMILES string of the molecule is [N-]=[N+]=NC[C@H]1CCN(C(=O)OCC2c3ccccc3-c3ccccc32)[C@H]1C(=O)O. The maximum atomic E-state index is 12.7. The molecule has 8 nitrogen and oxygen atoms in total. The first-order chi connectivity index (χ1) is 14.1. The summed E-state index contributed by atoms with van der Waals surface area (Å²) in [6, 6.07) is 15.0. The predicted molar refractivity (Wildman–Crippen MR) is 105 cm³/mol. The standard InChI is InChI=1S/C21H20N4O4/c22-24-23-11-13-9-10-25(19(13)20(26)27)21(28)29-12-18-16-7-3-1-5-14(16)15-6-2-4-8-17(15)18/h1-8,13,18-19H,9-12H2,(H,26,27)/t13-,19-/m1/s1. The van der Waals surface area contributed by atoms with Gasteiger partial charge in [-0.15, -0.1) is 0 Å². The lowest BCUT2D eigenvalue weighted by atomic mass is 9.98. The van der Waals surface area contributed by atoms with Crippen LogP contribution in [0.4, 0.5) is 4.79 Å². The third-order valence-corrected chi connectivity index (χ3v) is 5.73. The number of rotatable bonds is 5. The number of azide groups is 1. The van der Waals surface area contributed by atoms with Crippen LogP contribution in [0.1, 0.15) is 23.5 Å². The van der Waals surface area contributed by atoms with Crippen LogP contribution in [0, 0.1) is 5.92 Å². The summed E-state index contributed by atoms with van der Waals surface area (Å²) in [5.41, 5.74) is 12.9. The van der Waals surface area contributed by atoms with Gasteiger partial charge in [-0.25, -0.2) is 9.59 Å².